The van der Waals surface area contributed by atoms with Crippen LogP contribution < -0.4 is 9.47 Å². The van der Waals surface area contributed by atoms with Gasteiger partial charge in [-0.15, -0.1) is 10.2 Å². The summed E-state index contributed by atoms with van der Waals surface area (Å²) in [6, 6.07) is 18.0. The predicted molar refractivity (Wildman–Crippen MR) is 122 cm³/mol. The SMILES string of the molecule is COc1cccc(COc2c(C3CC3)ccnc2/C=C/c2ccc(-c3nn[nH]n3)cc2)c1. The van der Waals surface area contributed by atoms with Gasteiger partial charge in [0, 0.05) is 17.3 Å². The van der Waals surface area contributed by atoms with Crippen molar-refractivity contribution < 1.29 is 9.47 Å². The summed E-state index contributed by atoms with van der Waals surface area (Å²) in [6.45, 7) is 0.461. The molecule has 1 N–H and O–H groups in total. The van der Waals surface area contributed by atoms with E-state index in [1.807, 2.05) is 66.9 Å². The van der Waals surface area contributed by atoms with E-state index in [4.69, 9.17) is 9.47 Å². The minimum atomic E-state index is 0.461. The number of aromatic amines is 1. The molecule has 32 heavy (non-hydrogen) atoms. The summed E-state index contributed by atoms with van der Waals surface area (Å²) >= 11 is 0. The van der Waals surface area contributed by atoms with E-state index in [2.05, 4.69) is 31.7 Å². The second kappa shape index (κ2) is 9.01. The zero-order chi connectivity index (χ0) is 21.8. The first-order chi connectivity index (χ1) is 15.8. The van der Waals surface area contributed by atoms with Crippen molar-refractivity contribution in [2.75, 3.05) is 7.11 Å². The van der Waals surface area contributed by atoms with Crippen LogP contribution in [0.5, 0.6) is 11.5 Å². The van der Waals surface area contributed by atoms with E-state index in [9.17, 15) is 0 Å². The highest BCUT2D eigenvalue weighted by molar-refractivity contribution is 5.72. The Morgan fingerprint density at radius 2 is 1.94 bits per heavy atom. The van der Waals surface area contributed by atoms with Gasteiger partial charge in [-0.2, -0.15) is 5.21 Å². The molecule has 0 saturated heterocycles. The number of methoxy groups -OCH3 is 1. The standard InChI is InChI=1S/C25H23N5O2/c1-31-21-4-2-3-18(15-21)16-32-24-22(19-10-11-19)13-14-26-23(24)12-7-17-5-8-20(9-6-17)25-27-29-30-28-25/h2-9,12-15,19H,10-11,16H2,1H3,(H,27,28,29,30)/b12-7+. The molecular formula is C25H23N5O2. The van der Waals surface area contributed by atoms with Crippen LogP contribution in [0.15, 0.2) is 60.8 Å². The van der Waals surface area contributed by atoms with Crippen molar-refractivity contribution >= 4 is 12.2 Å². The van der Waals surface area contributed by atoms with Gasteiger partial charge in [0.1, 0.15) is 23.8 Å². The van der Waals surface area contributed by atoms with Crippen LogP contribution in [0.25, 0.3) is 23.5 Å². The summed E-state index contributed by atoms with van der Waals surface area (Å²) < 4.78 is 11.6. The maximum absolute atomic E-state index is 6.32. The van der Waals surface area contributed by atoms with Gasteiger partial charge < -0.3 is 9.47 Å². The van der Waals surface area contributed by atoms with E-state index in [1.54, 1.807) is 7.11 Å². The Hall–Kier alpha value is -4.00. The third kappa shape index (κ3) is 4.51. The van der Waals surface area contributed by atoms with Crippen LogP contribution in [-0.2, 0) is 6.61 Å². The molecule has 7 nitrogen and oxygen atoms in total. The summed E-state index contributed by atoms with van der Waals surface area (Å²) in [4.78, 5) is 4.60. The molecule has 1 saturated carbocycles. The monoisotopic (exact) mass is 425 g/mol. The van der Waals surface area contributed by atoms with E-state index < -0.39 is 0 Å². The quantitative estimate of drug-likeness (QED) is 0.432. The number of benzene rings is 2. The van der Waals surface area contributed by atoms with Crippen molar-refractivity contribution in [2.24, 2.45) is 0 Å². The Bertz CT molecular complexity index is 1220. The van der Waals surface area contributed by atoms with E-state index in [0.717, 1.165) is 33.9 Å². The summed E-state index contributed by atoms with van der Waals surface area (Å²) in [5, 5.41) is 14.1. The Morgan fingerprint density at radius 3 is 2.69 bits per heavy atom. The maximum atomic E-state index is 6.32. The first kappa shape index (κ1) is 19.9. The van der Waals surface area contributed by atoms with Crippen molar-refractivity contribution in [2.45, 2.75) is 25.4 Å². The van der Waals surface area contributed by atoms with Crippen LogP contribution in [-0.4, -0.2) is 32.7 Å². The Morgan fingerprint density at radius 1 is 1.06 bits per heavy atom. The molecule has 2 heterocycles. The molecule has 7 heteroatoms. The second-order valence-corrected chi connectivity index (χ2v) is 7.72. The second-order valence-electron chi connectivity index (χ2n) is 7.72. The number of rotatable bonds is 8. The van der Waals surface area contributed by atoms with Gasteiger partial charge in [-0.1, -0.05) is 42.5 Å². The number of pyridine rings is 1. The lowest BCUT2D eigenvalue weighted by Crippen LogP contribution is -2.02. The number of nitrogens with one attached hydrogen (secondary N) is 1. The normalized spacial score (nSPS) is 13.4. The molecular weight excluding hydrogens is 402 g/mol. The third-order valence-corrected chi connectivity index (χ3v) is 5.44. The first-order valence-corrected chi connectivity index (χ1v) is 10.6. The smallest absolute Gasteiger partial charge is 0.204 e. The number of ether oxygens (including phenoxy) is 2. The average Bonchev–Trinajstić information content (AvgIpc) is 3.55. The van der Waals surface area contributed by atoms with Crippen LogP contribution in [0.4, 0.5) is 0 Å². The molecule has 2 aromatic carbocycles. The Balaban J connectivity index is 1.38. The van der Waals surface area contributed by atoms with Gasteiger partial charge in [-0.3, -0.25) is 4.98 Å². The van der Waals surface area contributed by atoms with Gasteiger partial charge in [-0.25, -0.2) is 0 Å². The van der Waals surface area contributed by atoms with Gasteiger partial charge in [0.05, 0.1) is 7.11 Å². The van der Waals surface area contributed by atoms with Gasteiger partial charge in [-0.05, 0) is 59.4 Å². The molecule has 0 unspecified atom stereocenters. The lowest BCUT2D eigenvalue weighted by molar-refractivity contribution is 0.300. The molecule has 0 radical (unpaired) electrons. The van der Waals surface area contributed by atoms with Crippen molar-refractivity contribution in [1.82, 2.24) is 25.6 Å². The van der Waals surface area contributed by atoms with E-state index in [0.29, 0.717) is 18.3 Å². The molecule has 0 spiro atoms. The molecule has 2 aromatic heterocycles. The average molecular weight is 425 g/mol. The van der Waals surface area contributed by atoms with Gasteiger partial charge in [0.15, 0.2) is 0 Å². The number of tetrazole rings is 1. The number of H-pyrrole nitrogens is 1. The van der Waals surface area contributed by atoms with Crippen LogP contribution >= 0.6 is 0 Å². The fourth-order valence-corrected chi connectivity index (χ4v) is 3.59. The molecule has 160 valence electrons. The summed E-state index contributed by atoms with van der Waals surface area (Å²) in [5.74, 6) is 2.81. The van der Waals surface area contributed by atoms with Gasteiger partial charge in [0.25, 0.3) is 0 Å². The van der Waals surface area contributed by atoms with E-state index in [1.165, 1.54) is 18.4 Å². The largest absolute Gasteiger partial charge is 0.497 e. The number of aromatic nitrogens is 5. The van der Waals surface area contributed by atoms with Gasteiger partial charge in [0.2, 0.25) is 5.82 Å². The lowest BCUT2D eigenvalue weighted by atomic mass is 10.1. The topological polar surface area (TPSA) is 85.8 Å². The number of hydrogen-bond donors (Lipinski definition) is 1. The minimum Gasteiger partial charge on any atom is -0.497 e. The van der Waals surface area contributed by atoms with Crippen LogP contribution in [0.1, 0.15) is 41.1 Å². The zero-order valence-corrected chi connectivity index (χ0v) is 17.7. The molecule has 1 fully saturated rings. The van der Waals surface area contributed by atoms with Crippen molar-refractivity contribution in [3.05, 3.63) is 83.2 Å². The summed E-state index contributed by atoms with van der Waals surface area (Å²) in [7, 11) is 1.67. The highest BCUT2D eigenvalue weighted by Crippen LogP contribution is 2.45. The van der Waals surface area contributed by atoms with Crippen molar-refractivity contribution in [3.63, 3.8) is 0 Å². The highest BCUT2D eigenvalue weighted by atomic mass is 16.5. The molecule has 1 aliphatic rings. The first-order valence-electron chi connectivity index (χ1n) is 10.6. The van der Waals surface area contributed by atoms with Crippen LogP contribution in [0.2, 0.25) is 0 Å². The number of nitrogens with zero attached hydrogens (tertiary/aromatic N) is 4. The molecule has 0 amide bonds. The van der Waals surface area contributed by atoms with Gasteiger partial charge >= 0.3 is 0 Å². The predicted octanol–water partition coefficient (Wildman–Crippen LogP) is 4.90. The highest BCUT2D eigenvalue weighted by Gasteiger charge is 2.28. The van der Waals surface area contributed by atoms with Crippen molar-refractivity contribution in [1.29, 1.82) is 0 Å². The van der Waals surface area contributed by atoms with E-state index >= 15 is 0 Å². The Kier molecular flexibility index (Phi) is 5.61. The van der Waals surface area contributed by atoms with Crippen molar-refractivity contribution in [3.8, 4) is 22.9 Å². The molecule has 0 aliphatic heterocycles. The van der Waals surface area contributed by atoms with Crippen LogP contribution in [0.3, 0.4) is 0 Å². The lowest BCUT2D eigenvalue weighted by Gasteiger charge is -2.14. The molecule has 5 rings (SSSR count). The molecule has 1 aliphatic carbocycles. The summed E-state index contributed by atoms with van der Waals surface area (Å²) in [5.41, 5.74) is 5.08. The zero-order valence-electron chi connectivity index (χ0n) is 17.7. The van der Waals surface area contributed by atoms with Crippen LogP contribution in [0, 0.1) is 0 Å². The molecule has 0 atom stereocenters. The third-order valence-electron chi connectivity index (χ3n) is 5.44. The maximum Gasteiger partial charge on any atom is 0.204 e. The number of hydrogen-bond acceptors (Lipinski definition) is 6. The Labute approximate surface area is 186 Å². The minimum absolute atomic E-state index is 0.461. The fraction of sp³-hybridized carbons (Fsp3) is 0.200. The van der Waals surface area contributed by atoms with E-state index in [-0.39, 0.29) is 0 Å². The molecule has 0 bridgehead atoms. The molecule has 4 aromatic rings. The fourth-order valence-electron chi connectivity index (χ4n) is 3.59. The summed E-state index contributed by atoms with van der Waals surface area (Å²) in [6.07, 6.45) is 8.30.